The minimum Gasteiger partial charge on any atom is -0.494 e. The second-order valence-corrected chi connectivity index (χ2v) is 12.7. The SMILES string of the molecule is CCCCCCCOc1ccc(-c2nc(-c3ccc(CC(NC(=O)c4ccc(C(C)(C)C)cc4)C(=O)NSC)cc3)no2)cc1. The normalized spacial score (nSPS) is 12.0. The quantitative estimate of drug-likeness (QED) is 0.102. The van der Waals surface area contributed by atoms with Crippen LogP contribution < -0.4 is 14.8 Å². The lowest BCUT2D eigenvalue weighted by Crippen LogP contribution is -2.46. The minimum absolute atomic E-state index is 0.0151. The van der Waals surface area contributed by atoms with Crippen molar-refractivity contribution in [2.45, 2.75) is 77.7 Å². The van der Waals surface area contributed by atoms with E-state index in [-0.39, 0.29) is 17.2 Å². The highest BCUT2D eigenvalue weighted by Gasteiger charge is 2.23. The van der Waals surface area contributed by atoms with E-state index in [0.29, 0.717) is 30.3 Å². The maximum absolute atomic E-state index is 13.1. The molecule has 2 N–H and O–H groups in total. The van der Waals surface area contributed by atoms with Gasteiger partial charge in [0.05, 0.1) is 6.61 Å². The van der Waals surface area contributed by atoms with Crippen molar-refractivity contribution in [1.29, 1.82) is 0 Å². The number of amides is 2. The third-order valence-corrected chi connectivity index (χ3v) is 7.94. The summed E-state index contributed by atoms with van der Waals surface area (Å²) in [5.41, 5.74) is 4.10. The fourth-order valence-corrected chi connectivity index (χ4v) is 5.16. The number of hydrogen-bond acceptors (Lipinski definition) is 7. The number of aromatic nitrogens is 2. The van der Waals surface area contributed by atoms with Gasteiger partial charge in [-0.05, 0) is 59.4 Å². The van der Waals surface area contributed by atoms with Crippen LogP contribution in [0.1, 0.15) is 81.3 Å². The van der Waals surface area contributed by atoms with Gasteiger partial charge < -0.3 is 14.6 Å². The van der Waals surface area contributed by atoms with Gasteiger partial charge in [0.25, 0.3) is 17.7 Å². The zero-order valence-corrected chi connectivity index (χ0v) is 27.7. The first kappa shape index (κ1) is 33.8. The summed E-state index contributed by atoms with van der Waals surface area (Å²) in [6.45, 7) is 9.30. The molecule has 8 nitrogen and oxygen atoms in total. The van der Waals surface area contributed by atoms with Crippen molar-refractivity contribution in [2.24, 2.45) is 0 Å². The summed E-state index contributed by atoms with van der Waals surface area (Å²) in [6.07, 6.45) is 8.10. The van der Waals surface area contributed by atoms with E-state index in [9.17, 15) is 9.59 Å². The lowest BCUT2D eigenvalue weighted by molar-refractivity contribution is -0.121. The predicted molar refractivity (Wildman–Crippen MR) is 181 cm³/mol. The molecule has 0 spiro atoms. The van der Waals surface area contributed by atoms with Crippen molar-refractivity contribution < 1.29 is 18.8 Å². The molecule has 0 aliphatic carbocycles. The first-order valence-electron chi connectivity index (χ1n) is 15.6. The van der Waals surface area contributed by atoms with Crippen LogP contribution in [0.2, 0.25) is 0 Å². The molecule has 0 saturated carbocycles. The molecule has 0 radical (unpaired) electrons. The highest BCUT2D eigenvalue weighted by molar-refractivity contribution is 7.97. The Labute approximate surface area is 270 Å². The van der Waals surface area contributed by atoms with E-state index >= 15 is 0 Å². The van der Waals surface area contributed by atoms with Crippen LogP contribution in [0.5, 0.6) is 5.75 Å². The number of benzene rings is 3. The number of nitrogens with zero attached hydrogens (tertiary/aromatic N) is 2. The molecule has 0 fully saturated rings. The van der Waals surface area contributed by atoms with E-state index in [4.69, 9.17) is 9.26 Å². The van der Waals surface area contributed by atoms with Gasteiger partial charge in [0.15, 0.2) is 0 Å². The maximum Gasteiger partial charge on any atom is 0.258 e. The van der Waals surface area contributed by atoms with Crippen LogP contribution in [0.15, 0.2) is 77.3 Å². The van der Waals surface area contributed by atoms with Crippen molar-refractivity contribution in [1.82, 2.24) is 20.2 Å². The van der Waals surface area contributed by atoms with Gasteiger partial charge in [0, 0.05) is 29.4 Å². The monoisotopic (exact) mass is 628 g/mol. The largest absolute Gasteiger partial charge is 0.494 e. The number of nitrogens with one attached hydrogen (secondary N) is 2. The van der Waals surface area contributed by atoms with Crippen LogP contribution in [0.4, 0.5) is 0 Å². The van der Waals surface area contributed by atoms with Crippen LogP contribution in [0.25, 0.3) is 22.8 Å². The van der Waals surface area contributed by atoms with E-state index in [0.717, 1.165) is 34.4 Å². The van der Waals surface area contributed by atoms with Gasteiger partial charge in [0.1, 0.15) is 11.8 Å². The lowest BCUT2D eigenvalue weighted by atomic mass is 9.86. The molecule has 4 rings (SSSR count). The molecule has 0 saturated heterocycles. The molecule has 9 heteroatoms. The predicted octanol–water partition coefficient (Wildman–Crippen LogP) is 7.79. The molecule has 1 heterocycles. The van der Waals surface area contributed by atoms with Crippen LogP contribution in [0.3, 0.4) is 0 Å². The summed E-state index contributed by atoms with van der Waals surface area (Å²) in [6, 6.07) is 22.0. The van der Waals surface area contributed by atoms with Gasteiger partial charge >= 0.3 is 0 Å². The Morgan fingerprint density at radius 2 is 1.56 bits per heavy atom. The van der Waals surface area contributed by atoms with E-state index in [1.165, 1.54) is 37.6 Å². The fraction of sp³-hybridized carbons (Fsp3) is 0.389. The Morgan fingerprint density at radius 3 is 2.20 bits per heavy atom. The van der Waals surface area contributed by atoms with Gasteiger partial charge in [-0.2, -0.15) is 4.98 Å². The topological polar surface area (TPSA) is 106 Å². The van der Waals surface area contributed by atoms with E-state index in [2.05, 4.69) is 47.9 Å². The molecule has 0 aliphatic rings. The first-order chi connectivity index (χ1) is 21.7. The van der Waals surface area contributed by atoms with Crippen LogP contribution in [-0.4, -0.2) is 40.9 Å². The second kappa shape index (κ2) is 16.3. The van der Waals surface area contributed by atoms with Gasteiger partial charge in [-0.25, -0.2) is 0 Å². The Bertz CT molecular complexity index is 1510. The summed E-state index contributed by atoms with van der Waals surface area (Å²) < 4.78 is 14.2. The van der Waals surface area contributed by atoms with Crippen molar-refractivity contribution >= 4 is 23.8 Å². The maximum atomic E-state index is 13.1. The molecule has 4 aromatic rings. The summed E-state index contributed by atoms with van der Waals surface area (Å²) in [5, 5.41) is 7.07. The van der Waals surface area contributed by atoms with Gasteiger partial charge in [0.2, 0.25) is 5.82 Å². The second-order valence-electron chi connectivity index (χ2n) is 12.1. The van der Waals surface area contributed by atoms with E-state index < -0.39 is 6.04 Å². The summed E-state index contributed by atoms with van der Waals surface area (Å²) in [7, 11) is 0. The number of ether oxygens (including phenoxy) is 1. The average Bonchev–Trinajstić information content (AvgIpc) is 3.53. The van der Waals surface area contributed by atoms with Crippen molar-refractivity contribution in [3.05, 3.63) is 89.5 Å². The van der Waals surface area contributed by atoms with Crippen molar-refractivity contribution in [3.8, 4) is 28.6 Å². The van der Waals surface area contributed by atoms with Gasteiger partial charge in [-0.15, -0.1) is 0 Å². The molecule has 3 aromatic carbocycles. The molecule has 238 valence electrons. The first-order valence-corrected chi connectivity index (χ1v) is 16.8. The Morgan fingerprint density at radius 1 is 0.889 bits per heavy atom. The standard InChI is InChI=1S/C36H44N4O4S/c1-6-7-8-9-10-23-43-30-21-17-28(18-22-30)35-38-32(39-44-35)26-13-11-25(12-14-26)24-31(34(42)40-45-5)37-33(41)27-15-19-29(20-16-27)36(2,3)4/h11-22,31H,6-10,23-24H2,1-5H3,(H,37,41)(H,40,42). The lowest BCUT2D eigenvalue weighted by Gasteiger charge is -2.20. The van der Waals surface area contributed by atoms with Crippen molar-refractivity contribution in [2.75, 3.05) is 12.9 Å². The number of carbonyl (C=O) groups is 2. The highest BCUT2D eigenvalue weighted by Crippen LogP contribution is 2.25. The average molecular weight is 629 g/mol. The molecule has 2 amide bonds. The zero-order valence-electron chi connectivity index (χ0n) is 26.9. The molecular formula is C36H44N4O4S. The van der Waals surface area contributed by atoms with Gasteiger partial charge in [-0.1, -0.05) is 107 Å². The molecule has 45 heavy (non-hydrogen) atoms. The summed E-state index contributed by atoms with van der Waals surface area (Å²) in [4.78, 5) is 30.5. The third-order valence-electron chi connectivity index (χ3n) is 7.53. The number of carbonyl (C=O) groups excluding carboxylic acids is 2. The minimum atomic E-state index is -0.747. The molecule has 1 unspecified atom stereocenters. The Balaban J connectivity index is 1.37. The van der Waals surface area contributed by atoms with E-state index in [1.54, 1.807) is 18.4 Å². The zero-order chi connectivity index (χ0) is 32.2. The summed E-state index contributed by atoms with van der Waals surface area (Å²) >= 11 is 1.20. The smallest absolute Gasteiger partial charge is 0.258 e. The fourth-order valence-electron chi connectivity index (χ4n) is 4.82. The molecule has 0 bridgehead atoms. The summed E-state index contributed by atoms with van der Waals surface area (Å²) in [5.74, 6) is 1.15. The molecule has 1 atom stereocenters. The number of hydrogen-bond donors (Lipinski definition) is 2. The van der Waals surface area contributed by atoms with Crippen molar-refractivity contribution in [3.63, 3.8) is 0 Å². The highest BCUT2D eigenvalue weighted by atomic mass is 32.2. The number of unbranched alkanes of at least 4 members (excludes halogenated alkanes) is 4. The van der Waals surface area contributed by atoms with Crippen LogP contribution in [-0.2, 0) is 16.6 Å². The van der Waals surface area contributed by atoms with Gasteiger partial charge in [-0.3, -0.25) is 14.3 Å². The number of rotatable bonds is 15. The molecule has 1 aromatic heterocycles. The van der Waals surface area contributed by atoms with Crippen LogP contribution >= 0.6 is 11.9 Å². The van der Waals surface area contributed by atoms with E-state index in [1.807, 2.05) is 60.7 Å². The molecule has 0 aliphatic heterocycles. The Kier molecular flexibility index (Phi) is 12.2. The Hall–Kier alpha value is -4.11. The van der Waals surface area contributed by atoms with Crippen LogP contribution in [0, 0.1) is 0 Å². The molecular weight excluding hydrogens is 584 g/mol. The third kappa shape index (κ3) is 9.94.